The SMILES string of the molecule is CNCCCNc1nc(C2C(=O)Nc3ccc(C(F)(F)F)cc32)c2cn(C3CCCC3)nc2n1. The number of hydrogen-bond donors (Lipinski definition) is 3. The minimum Gasteiger partial charge on any atom is -0.354 e. The number of fused-ring (bicyclic) bond motifs is 2. The summed E-state index contributed by atoms with van der Waals surface area (Å²) in [6.45, 7) is 1.40. The monoisotopic (exact) mass is 473 g/mol. The van der Waals surface area contributed by atoms with E-state index in [4.69, 9.17) is 0 Å². The molecule has 3 N–H and O–H groups in total. The minimum absolute atomic E-state index is 0.246. The first kappa shape index (κ1) is 22.6. The molecule has 1 amide bonds. The van der Waals surface area contributed by atoms with Crippen LogP contribution in [0.2, 0.25) is 0 Å². The van der Waals surface area contributed by atoms with Gasteiger partial charge in [0.15, 0.2) is 5.65 Å². The predicted octanol–water partition coefficient (Wildman–Crippen LogP) is 4.07. The lowest BCUT2D eigenvalue weighted by atomic mass is 9.93. The van der Waals surface area contributed by atoms with Crippen molar-refractivity contribution >= 4 is 28.6 Å². The van der Waals surface area contributed by atoms with E-state index in [1.54, 1.807) is 0 Å². The first-order valence-corrected chi connectivity index (χ1v) is 11.5. The van der Waals surface area contributed by atoms with Gasteiger partial charge in [-0.2, -0.15) is 23.3 Å². The first-order valence-electron chi connectivity index (χ1n) is 11.5. The number of benzene rings is 1. The van der Waals surface area contributed by atoms with E-state index in [1.807, 2.05) is 17.9 Å². The molecule has 0 spiro atoms. The second-order valence-electron chi connectivity index (χ2n) is 8.82. The largest absolute Gasteiger partial charge is 0.416 e. The van der Waals surface area contributed by atoms with Gasteiger partial charge in [0.1, 0.15) is 5.92 Å². The van der Waals surface area contributed by atoms with Crippen LogP contribution in [0.25, 0.3) is 11.0 Å². The van der Waals surface area contributed by atoms with Gasteiger partial charge in [-0.3, -0.25) is 9.48 Å². The third-order valence-corrected chi connectivity index (χ3v) is 6.50. The Bertz CT molecular complexity index is 1220. The molecule has 34 heavy (non-hydrogen) atoms. The topological polar surface area (TPSA) is 96.8 Å². The van der Waals surface area contributed by atoms with Gasteiger partial charge in [0.2, 0.25) is 11.9 Å². The van der Waals surface area contributed by atoms with Crippen LogP contribution in [0.3, 0.4) is 0 Å². The van der Waals surface area contributed by atoms with Gasteiger partial charge >= 0.3 is 6.18 Å². The summed E-state index contributed by atoms with van der Waals surface area (Å²) in [4.78, 5) is 22.2. The van der Waals surface area contributed by atoms with Crippen molar-refractivity contribution in [2.45, 2.75) is 50.2 Å². The number of anilines is 2. The van der Waals surface area contributed by atoms with E-state index in [1.165, 1.54) is 6.07 Å². The number of hydrogen-bond acceptors (Lipinski definition) is 6. The molecule has 11 heteroatoms. The molecule has 8 nitrogen and oxygen atoms in total. The van der Waals surface area contributed by atoms with Crippen LogP contribution in [0.4, 0.5) is 24.8 Å². The zero-order chi connectivity index (χ0) is 23.9. The van der Waals surface area contributed by atoms with Gasteiger partial charge in [-0.15, -0.1) is 0 Å². The molecule has 0 radical (unpaired) electrons. The highest BCUT2D eigenvalue weighted by atomic mass is 19.4. The maximum atomic E-state index is 13.4. The highest BCUT2D eigenvalue weighted by Crippen LogP contribution is 2.42. The fourth-order valence-electron chi connectivity index (χ4n) is 4.77. The summed E-state index contributed by atoms with van der Waals surface area (Å²) in [5, 5.41) is 14.2. The Kier molecular flexibility index (Phi) is 5.88. The second-order valence-corrected chi connectivity index (χ2v) is 8.82. The molecule has 1 aliphatic heterocycles. The van der Waals surface area contributed by atoms with E-state index in [0.717, 1.165) is 50.8 Å². The second kappa shape index (κ2) is 8.86. The van der Waals surface area contributed by atoms with Crippen LogP contribution in [0.1, 0.15) is 60.9 Å². The van der Waals surface area contributed by atoms with Crippen LogP contribution in [0.5, 0.6) is 0 Å². The molecule has 1 atom stereocenters. The predicted molar refractivity (Wildman–Crippen MR) is 122 cm³/mol. The van der Waals surface area contributed by atoms with Crippen LogP contribution in [-0.4, -0.2) is 45.8 Å². The number of rotatable bonds is 7. The summed E-state index contributed by atoms with van der Waals surface area (Å²) >= 11 is 0. The normalized spacial score (nSPS) is 18.5. The van der Waals surface area contributed by atoms with Crippen molar-refractivity contribution in [3.63, 3.8) is 0 Å². The average molecular weight is 474 g/mol. The lowest BCUT2D eigenvalue weighted by Gasteiger charge is -2.13. The van der Waals surface area contributed by atoms with Crippen molar-refractivity contribution in [2.75, 3.05) is 30.8 Å². The Morgan fingerprint density at radius 3 is 2.71 bits per heavy atom. The molecule has 1 fully saturated rings. The molecule has 1 saturated carbocycles. The molecule has 1 aromatic carbocycles. The smallest absolute Gasteiger partial charge is 0.354 e. The quantitative estimate of drug-likeness (QED) is 0.448. The lowest BCUT2D eigenvalue weighted by Crippen LogP contribution is -2.17. The number of nitrogens with zero attached hydrogens (tertiary/aromatic N) is 4. The Labute approximate surface area is 194 Å². The van der Waals surface area contributed by atoms with Crippen molar-refractivity contribution < 1.29 is 18.0 Å². The zero-order valence-electron chi connectivity index (χ0n) is 18.7. The number of aromatic nitrogens is 4. The van der Waals surface area contributed by atoms with Crippen LogP contribution >= 0.6 is 0 Å². The Morgan fingerprint density at radius 1 is 1.18 bits per heavy atom. The van der Waals surface area contributed by atoms with Crippen LogP contribution in [0, 0.1) is 0 Å². The number of nitrogens with one attached hydrogen (secondary N) is 3. The van der Waals surface area contributed by atoms with Crippen LogP contribution in [-0.2, 0) is 11.0 Å². The summed E-state index contributed by atoms with van der Waals surface area (Å²) in [7, 11) is 1.86. The Balaban J connectivity index is 1.60. The maximum Gasteiger partial charge on any atom is 0.416 e. The Morgan fingerprint density at radius 2 is 1.97 bits per heavy atom. The summed E-state index contributed by atoms with van der Waals surface area (Å²) < 4.78 is 42.1. The molecule has 1 unspecified atom stereocenters. The molecule has 3 aromatic rings. The molecule has 180 valence electrons. The van der Waals surface area contributed by atoms with Crippen molar-refractivity contribution in [2.24, 2.45) is 0 Å². The van der Waals surface area contributed by atoms with Gasteiger partial charge in [0, 0.05) is 18.4 Å². The van der Waals surface area contributed by atoms with Crippen LogP contribution < -0.4 is 16.0 Å². The van der Waals surface area contributed by atoms with E-state index in [-0.39, 0.29) is 11.6 Å². The highest BCUT2D eigenvalue weighted by Gasteiger charge is 2.39. The molecule has 2 aliphatic rings. The third kappa shape index (κ3) is 4.20. The van der Waals surface area contributed by atoms with Gasteiger partial charge < -0.3 is 16.0 Å². The Hall–Kier alpha value is -3.21. The van der Waals surface area contributed by atoms with Gasteiger partial charge in [0.25, 0.3) is 0 Å². The number of halogens is 3. The van der Waals surface area contributed by atoms with E-state index in [2.05, 4.69) is 31.0 Å². The summed E-state index contributed by atoms with van der Waals surface area (Å²) in [5.41, 5.74) is 0.614. The molecule has 2 aromatic heterocycles. The number of carbonyl (C=O) groups is 1. The van der Waals surface area contributed by atoms with Crippen molar-refractivity contribution in [3.05, 3.63) is 41.2 Å². The molecule has 1 aliphatic carbocycles. The molecule has 0 saturated heterocycles. The first-order chi connectivity index (χ1) is 16.3. The highest BCUT2D eigenvalue weighted by molar-refractivity contribution is 6.06. The summed E-state index contributed by atoms with van der Waals surface area (Å²) in [6.07, 6.45) is 2.41. The van der Waals surface area contributed by atoms with Crippen LogP contribution in [0.15, 0.2) is 24.4 Å². The lowest BCUT2D eigenvalue weighted by molar-refractivity contribution is -0.137. The van der Waals surface area contributed by atoms with E-state index >= 15 is 0 Å². The van der Waals surface area contributed by atoms with Gasteiger partial charge in [-0.25, -0.2) is 4.98 Å². The average Bonchev–Trinajstić information content (AvgIpc) is 3.52. The van der Waals surface area contributed by atoms with Crippen molar-refractivity contribution in [3.8, 4) is 0 Å². The molecular weight excluding hydrogens is 447 g/mol. The third-order valence-electron chi connectivity index (χ3n) is 6.50. The standard InChI is InChI=1S/C23H26F3N7O/c1-27-9-4-10-28-22-30-19(16-12-33(32-20(16)31-22)14-5-2-3-6-14)18-15-11-13(23(24,25)26)7-8-17(15)29-21(18)34/h7-8,11-12,14,18,27H,2-6,9-10H2,1H3,(H,29,34)(H,28,31,32). The summed E-state index contributed by atoms with van der Waals surface area (Å²) in [6, 6.07) is 3.56. The maximum absolute atomic E-state index is 13.4. The number of carbonyl (C=O) groups excluding carboxylic acids is 1. The molecule has 5 rings (SSSR count). The van der Waals surface area contributed by atoms with Gasteiger partial charge in [0.05, 0.1) is 22.7 Å². The van der Waals surface area contributed by atoms with Crippen molar-refractivity contribution in [1.29, 1.82) is 0 Å². The number of alkyl halides is 3. The molecule has 3 heterocycles. The van der Waals surface area contributed by atoms with E-state index in [0.29, 0.717) is 34.9 Å². The van der Waals surface area contributed by atoms with Gasteiger partial charge in [-0.05, 0) is 56.6 Å². The zero-order valence-corrected chi connectivity index (χ0v) is 18.7. The van der Waals surface area contributed by atoms with Gasteiger partial charge in [-0.1, -0.05) is 12.8 Å². The number of amides is 1. The summed E-state index contributed by atoms with van der Waals surface area (Å²) in [5.74, 6) is -1.09. The molecular formula is C23H26F3N7O. The fraction of sp³-hybridized carbons (Fsp3) is 0.478. The minimum atomic E-state index is -4.51. The van der Waals surface area contributed by atoms with E-state index < -0.39 is 23.6 Å². The fourth-order valence-corrected chi connectivity index (χ4v) is 4.77. The van der Waals surface area contributed by atoms with E-state index in [9.17, 15) is 18.0 Å². The van der Waals surface area contributed by atoms with Crippen molar-refractivity contribution in [1.82, 2.24) is 25.1 Å². The molecule has 0 bridgehead atoms.